The number of halogens is 1. The van der Waals surface area contributed by atoms with Crippen LogP contribution in [0.15, 0.2) is 23.2 Å². The number of carbonyl (C=O) groups excluding carboxylic acids is 1. The van der Waals surface area contributed by atoms with E-state index in [1.807, 2.05) is 19.1 Å². The maximum atomic E-state index is 12.2. The van der Waals surface area contributed by atoms with E-state index in [0.29, 0.717) is 18.8 Å². The summed E-state index contributed by atoms with van der Waals surface area (Å²) in [6, 6.07) is 5.57. The highest BCUT2D eigenvalue weighted by Gasteiger charge is 2.22. The maximum Gasteiger partial charge on any atom is 0.227 e. The van der Waals surface area contributed by atoms with Gasteiger partial charge >= 0.3 is 0 Å². The van der Waals surface area contributed by atoms with Crippen LogP contribution in [0.5, 0.6) is 0 Å². The number of nitrogens with one attached hydrogen (secondary N) is 2. The van der Waals surface area contributed by atoms with E-state index in [4.69, 9.17) is 0 Å². The van der Waals surface area contributed by atoms with Crippen LogP contribution in [0.1, 0.15) is 31.8 Å². The first-order valence-electron chi connectivity index (χ1n) is 10.4. The molecule has 1 amide bonds. The molecule has 1 aliphatic rings. The minimum atomic E-state index is -0.0829. The molecule has 0 saturated carbocycles. The van der Waals surface area contributed by atoms with Gasteiger partial charge in [-0.05, 0) is 26.0 Å². The standard InChI is InChI=1S/C20H30N8OS.HI/c1-4-16-25-20(30-26-16)28-13-11-27(12-14-28)19(21-5-2)22-10-9-18(29)24-17-8-6-7-15(3)23-17;/h6-8H,4-5,9-14H2,1-3H3,(H,21,22)(H,23,24,29);1H. The van der Waals surface area contributed by atoms with Gasteiger partial charge in [-0.1, -0.05) is 13.0 Å². The van der Waals surface area contributed by atoms with E-state index in [1.165, 1.54) is 11.5 Å². The average molecular weight is 558 g/mol. The van der Waals surface area contributed by atoms with E-state index in [-0.39, 0.29) is 29.9 Å². The van der Waals surface area contributed by atoms with Gasteiger partial charge in [0.15, 0.2) is 5.96 Å². The van der Waals surface area contributed by atoms with E-state index < -0.39 is 0 Å². The van der Waals surface area contributed by atoms with Gasteiger partial charge in [0.25, 0.3) is 0 Å². The Kier molecular flexibility index (Phi) is 10.4. The number of carbonyl (C=O) groups is 1. The Morgan fingerprint density at radius 3 is 2.61 bits per heavy atom. The van der Waals surface area contributed by atoms with Gasteiger partial charge in [0.2, 0.25) is 11.0 Å². The quantitative estimate of drug-likeness (QED) is 0.306. The second-order valence-electron chi connectivity index (χ2n) is 7.02. The molecule has 2 N–H and O–H groups in total. The van der Waals surface area contributed by atoms with Gasteiger partial charge in [-0.15, -0.1) is 24.0 Å². The Hall–Kier alpha value is -2.02. The molecule has 0 atom stereocenters. The van der Waals surface area contributed by atoms with E-state index >= 15 is 0 Å². The molecule has 1 aliphatic heterocycles. The molecule has 9 nitrogen and oxygen atoms in total. The molecule has 0 aromatic carbocycles. The molecule has 0 unspecified atom stereocenters. The Labute approximate surface area is 204 Å². The van der Waals surface area contributed by atoms with Gasteiger partial charge in [0.05, 0.1) is 6.54 Å². The summed E-state index contributed by atoms with van der Waals surface area (Å²) in [5, 5.41) is 7.16. The summed E-state index contributed by atoms with van der Waals surface area (Å²) in [4.78, 5) is 30.2. The highest BCUT2D eigenvalue weighted by Crippen LogP contribution is 2.19. The van der Waals surface area contributed by atoms with Crippen LogP contribution in [-0.2, 0) is 11.2 Å². The lowest BCUT2D eigenvalue weighted by Gasteiger charge is -2.36. The van der Waals surface area contributed by atoms with Crippen LogP contribution in [0.25, 0.3) is 0 Å². The largest absolute Gasteiger partial charge is 0.357 e. The van der Waals surface area contributed by atoms with Crippen LogP contribution in [0, 0.1) is 6.92 Å². The number of amides is 1. The van der Waals surface area contributed by atoms with Crippen molar-refractivity contribution >= 4 is 58.3 Å². The van der Waals surface area contributed by atoms with Crippen molar-refractivity contribution in [2.45, 2.75) is 33.6 Å². The number of nitrogens with zero attached hydrogens (tertiary/aromatic N) is 6. The van der Waals surface area contributed by atoms with Gasteiger partial charge in [0.1, 0.15) is 11.6 Å². The molecule has 2 aromatic rings. The van der Waals surface area contributed by atoms with Crippen LogP contribution in [0.2, 0.25) is 0 Å². The molecular weight excluding hydrogens is 527 g/mol. The van der Waals surface area contributed by atoms with Crippen molar-refractivity contribution < 1.29 is 4.79 Å². The fourth-order valence-corrected chi connectivity index (χ4v) is 3.93. The predicted molar refractivity (Wildman–Crippen MR) is 137 cm³/mol. The van der Waals surface area contributed by atoms with Crippen LogP contribution in [0.3, 0.4) is 0 Å². The van der Waals surface area contributed by atoms with Gasteiger partial charge in [-0.25, -0.2) is 9.97 Å². The normalized spacial score (nSPS) is 14.2. The first-order chi connectivity index (χ1) is 14.6. The Morgan fingerprint density at radius 2 is 1.97 bits per heavy atom. The lowest BCUT2D eigenvalue weighted by atomic mass is 10.3. The van der Waals surface area contributed by atoms with E-state index in [0.717, 1.165) is 61.8 Å². The number of piperazine rings is 1. The van der Waals surface area contributed by atoms with Crippen molar-refractivity contribution in [2.24, 2.45) is 4.99 Å². The van der Waals surface area contributed by atoms with Crippen LogP contribution >= 0.6 is 35.5 Å². The monoisotopic (exact) mass is 558 g/mol. The first kappa shape index (κ1) is 25.2. The van der Waals surface area contributed by atoms with Crippen molar-refractivity contribution in [3.63, 3.8) is 0 Å². The molecule has 0 spiro atoms. The number of rotatable bonds is 7. The lowest BCUT2D eigenvalue weighted by Crippen LogP contribution is -2.52. The Bertz CT molecular complexity index is 866. The fraction of sp³-hybridized carbons (Fsp3) is 0.550. The highest BCUT2D eigenvalue weighted by molar-refractivity contribution is 14.0. The number of aromatic nitrogens is 3. The highest BCUT2D eigenvalue weighted by atomic mass is 127. The number of aryl methyl sites for hydroxylation is 2. The Balaban J connectivity index is 0.00000341. The number of hydrogen-bond donors (Lipinski definition) is 2. The van der Waals surface area contributed by atoms with Gasteiger partial charge in [-0.3, -0.25) is 9.79 Å². The summed E-state index contributed by atoms with van der Waals surface area (Å²) in [6.07, 6.45) is 1.18. The molecule has 0 radical (unpaired) electrons. The molecule has 1 fully saturated rings. The van der Waals surface area contributed by atoms with Crippen molar-refractivity contribution in [3.8, 4) is 0 Å². The molecule has 0 bridgehead atoms. The van der Waals surface area contributed by atoms with Crippen molar-refractivity contribution in [1.29, 1.82) is 0 Å². The molecule has 0 aliphatic carbocycles. The summed E-state index contributed by atoms with van der Waals surface area (Å²) in [5.74, 6) is 2.26. The fourth-order valence-electron chi connectivity index (χ4n) is 3.13. The third-order valence-corrected chi connectivity index (χ3v) is 5.53. The molecule has 1 saturated heterocycles. The summed E-state index contributed by atoms with van der Waals surface area (Å²) in [7, 11) is 0. The van der Waals surface area contributed by atoms with Gasteiger partial charge < -0.3 is 20.4 Å². The van der Waals surface area contributed by atoms with E-state index in [9.17, 15) is 4.79 Å². The molecule has 170 valence electrons. The SMILES string of the molecule is CCNC(=NCCC(=O)Nc1cccc(C)n1)N1CCN(c2nc(CC)ns2)CC1.I. The van der Waals surface area contributed by atoms with E-state index in [1.54, 1.807) is 6.07 Å². The minimum absolute atomic E-state index is 0. The molecule has 31 heavy (non-hydrogen) atoms. The maximum absolute atomic E-state index is 12.2. The molecule has 3 rings (SSSR count). The third kappa shape index (κ3) is 7.56. The smallest absolute Gasteiger partial charge is 0.227 e. The van der Waals surface area contributed by atoms with Gasteiger partial charge in [-0.2, -0.15) is 4.37 Å². The third-order valence-electron chi connectivity index (χ3n) is 4.71. The second-order valence-corrected chi connectivity index (χ2v) is 7.75. The number of pyridine rings is 1. The van der Waals surface area contributed by atoms with Crippen LogP contribution < -0.4 is 15.5 Å². The van der Waals surface area contributed by atoms with Crippen molar-refractivity contribution in [3.05, 3.63) is 29.7 Å². The molecular formula is C20H31IN8OS. The van der Waals surface area contributed by atoms with E-state index in [2.05, 4.69) is 53.6 Å². The van der Waals surface area contributed by atoms with Crippen molar-refractivity contribution in [1.82, 2.24) is 24.6 Å². The zero-order valence-electron chi connectivity index (χ0n) is 18.3. The summed E-state index contributed by atoms with van der Waals surface area (Å²) >= 11 is 1.47. The molecule has 11 heteroatoms. The summed E-state index contributed by atoms with van der Waals surface area (Å²) in [5.41, 5.74) is 0.874. The second kappa shape index (κ2) is 12.7. The number of aliphatic imine (C=N–C) groups is 1. The summed E-state index contributed by atoms with van der Waals surface area (Å²) < 4.78 is 4.38. The average Bonchev–Trinajstić information content (AvgIpc) is 3.23. The number of anilines is 2. The summed E-state index contributed by atoms with van der Waals surface area (Å²) in [6.45, 7) is 10.7. The van der Waals surface area contributed by atoms with Crippen LogP contribution in [-0.4, -0.2) is 70.4 Å². The molecule has 2 aromatic heterocycles. The topological polar surface area (TPSA) is 98.6 Å². The van der Waals surface area contributed by atoms with Gasteiger partial charge in [0, 0.05) is 62.8 Å². The van der Waals surface area contributed by atoms with Crippen molar-refractivity contribution in [2.75, 3.05) is 49.5 Å². The molecule has 3 heterocycles. The first-order valence-corrected chi connectivity index (χ1v) is 11.2. The van der Waals surface area contributed by atoms with Crippen LogP contribution in [0.4, 0.5) is 10.9 Å². The Morgan fingerprint density at radius 1 is 1.19 bits per heavy atom. The number of guanidine groups is 1. The zero-order valence-corrected chi connectivity index (χ0v) is 21.4. The number of hydrogen-bond acceptors (Lipinski definition) is 7. The predicted octanol–water partition coefficient (Wildman–Crippen LogP) is 2.54. The zero-order chi connectivity index (χ0) is 21.3. The minimum Gasteiger partial charge on any atom is -0.357 e. The lowest BCUT2D eigenvalue weighted by molar-refractivity contribution is -0.116.